The summed E-state index contributed by atoms with van der Waals surface area (Å²) < 4.78 is 1.86. The third-order valence-corrected chi connectivity index (χ3v) is 3.42. The molecule has 5 heteroatoms. The number of fused-ring (bicyclic) bond motifs is 1. The molecule has 0 aliphatic rings. The lowest BCUT2D eigenvalue weighted by molar-refractivity contribution is -0.146. The SMILES string of the molecule is Cn1c(CC(C)(C)C(=O)O)nc2cccc(Cl)c21. The van der Waals surface area contributed by atoms with Gasteiger partial charge in [-0.05, 0) is 26.0 Å². The molecular weight excluding hydrogens is 252 g/mol. The minimum Gasteiger partial charge on any atom is -0.481 e. The van der Waals surface area contributed by atoms with Crippen molar-refractivity contribution >= 4 is 28.6 Å². The van der Waals surface area contributed by atoms with Crippen molar-refractivity contribution in [1.82, 2.24) is 9.55 Å². The van der Waals surface area contributed by atoms with E-state index in [-0.39, 0.29) is 0 Å². The van der Waals surface area contributed by atoms with E-state index in [1.807, 2.05) is 23.7 Å². The lowest BCUT2D eigenvalue weighted by Gasteiger charge is -2.18. The highest BCUT2D eigenvalue weighted by molar-refractivity contribution is 6.35. The Hall–Kier alpha value is -1.55. The first kappa shape index (κ1) is 12.9. The van der Waals surface area contributed by atoms with E-state index < -0.39 is 11.4 Å². The number of carboxylic acids is 1. The molecule has 0 amide bonds. The van der Waals surface area contributed by atoms with Crippen LogP contribution in [0.2, 0.25) is 5.02 Å². The lowest BCUT2D eigenvalue weighted by atomic mass is 9.89. The highest BCUT2D eigenvalue weighted by Crippen LogP contribution is 2.27. The van der Waals surface area contributed by atoms with Crippen LogP contribution in [0.4, 0.5) is 0 Å². The predicted octanol–water partition coefficient (Wildman–Crippen LogP) is 2.88. The zero-order valence-electron chi connectivity index (χ0n) is 10.6. The summed E-state index contributed by atoms with van der Waals surface area (Å²) in [5.74, 6) is -0.105. The Morgan fingerprint density at radius 1 is 1.50 bits per heavy atom. The molecule has 1 N–H and O–H groups in total. The zero-order valence-corrected chi connectivity index (χ0v) is 11.3. The molecule has 0 radical (unpaired) electrons. The van der Waals surface area contributed by atoms with Gasteiger partial charge in [-0.25, -0.2) is 4.98 Å². The minimum atomic E-state index is -0.846. The van der Waals surface area contributed by atoms with E-state index in [9.17, 15) is 4.79 Å². The molecule has 96 valence electrons. The van der Waals surface area contributed by atoms with Crippen LogP contribution >= 0.6 is 11.6 Å². The Bertz CT molecular complexity index is 617. The Morgan fingerprint density at radius 2 is 2.17 bits per heavy atom. The van der Waals surface area contributed by atoms with Crippen LogP contribution in [0.3, 0.4) is 0 Å². The number of hydrogen-bond acceptors (Lipinski definition) is 2. The standard InChI is InChI=1S/C13H15ClN2O2/c1-13(2,12(17)18)7-10-15-9-6-4-5-8(14)11(9)16(10)3/h4-6H,7H2,1-3H3,(H,17,18). The Labute approximate surface area is 110 Å². The number of para-hydroxylation sites is 1. The van der Waals surface area contributed by atoms with Gasteiger partial charge in [0, 0.05) is 13.5 Å². The molecule has 0 saturated heterocycles. The van der Waals surface area contributed by atoms with E-state index in [1.165, 1.54) is 0 Å². The van der Waals surface area contributed by atoms with Crippen LogP contribution in [0, 0.1) is 5.41 Å². The van der Waals surface area contributed by atoms with Gasteiger partial charge in [-0.15, -0.1) is 0 Å². The van der Waals surface area contributed by atoms with E-state index >= 15 is 0 Å². The van der Waals surface area contributed by atoms with Crippen molar-refractivity contribution in [2.45, 2.75) is 20.3 Å². The maximum absolute atomic E-state index is 11.2. The van der Waals surface area contributed by atoms with Crippen molar-refractivity contribution in [3.63, 3.8) is 0 Å². The molecule has 1 aromatic heterocycles. The van der Waals surface area contributed by atoms with Gasteiger partial charge in [-0.3, -0.25) is 4.79 Å². The second-order valence-electron chi connectivity index (χ2n) is 5.06. The maximum atomic E-state index is 11.2. The van der Waals surface area contributed by atoms with Crippen LogP contribution < -0.4 is 0 Å². The fourth-order valence-corrected chi connectivity index (χ4v) is 2.19. The molecule has 0 atom stereocenters. The molecule has 4 nitrogen and oxygen atoms in total. The minimum absolute atomic E-state index is 0.365. The van der Waals surface area contributed by atoms with E-state index in [1.54, 1.807) is 19.9 Å². The van der Waals surface area contributed by atoms with Crippen LogP contribution in [0.1, 0.15) is 19.7 Å². The van der Waals surface area contributed by atoms with Crippen molar-refractivity contribution in [2.24, 2.45) is 12.5 Å². The molecule has 0 aliphatic heterocycles. The number of hydrogen-bond donors (Lipinski definition) is 1. The van der Waals surface area contributed by atoms with Gasteiger partial charge in [0.2, 0.25) is 0 Å². The first-order valence-corrected chi connectivity index (χ1v) is 6.04. The van der Waals surface area contributed by atoms with Crippen LogP contribution in [0.15, 0.2) is 18.2 Å². The first-order chi connectivity index (χ1) is 8.33. The molecule has 1 heterocycles. The highest BCUT2D eigenvalue weighted by atomic mass is 35.5. The lowest BCUT2D eigenvalue weighted by Crippen LogP contribution is -2.27. The van der Waals surface area contributed by atoms with Gasteiger partial charge in [0.15, 0.2) is 0 Å². The molecule has 2 aromatic rings. The number of aliphatic carboxylic acids is 1. The summed E-state index contributed by atoms with van der Waals surface area (Å²) in [5.41, 5.74) is 0.790. The molecule has 2 rings (SSSR count). The first-order valence-electron chi connectivity index (χ1n) is 5.66. The average molecular weight is 267 g/mol. The number of carboxylic acid groups (broad SMARTS) is 1. The highest BCUT2D eigenvalue weighted by Gasteiger charge is 2.29. The number of halogens is 1. The van der Waals surface area contributed by atoms with Gasteiger partial charge in [-0.2, -0.15) is 0 Å². The molecule has 18 heavy (non-hydrogen) atoms. The molecule has 0 aliphatic carbocycles. The topological polar surface area (TPSA) is 55.1 Å². The molecule has 0 unspecified atom stereocenters. The van der Waals surface area contributed by atoms with Gasteiger partial charge in [0.25, 0.3) is 0 Å². The smallest absolute Gasteiger partial charge is 0.309 e. The molecular formula is C13H15ClN2O2. The van der Waals surface area contributed by atoms with E-state index in [4.69, 9.17) is 16.7 Å². The van der Waals surface area contributed by atoms with Crippen LogP contribution in [0.5, 0.6) is 0 Å². The molecule has 0 saturated carbocycles. The number of aromatic nitrogens is 2. The third kappa shape index (κ3) is 2.08. The summed E-state index contributed by atoms with van der Waals surface area (Å²) in [7, 11) is 1.86. The quantitative estimate of drug-likeness (QED) is 0.929. The van der Waals surface area contributed by atoms with Gasteiger partial charge < -0.3 is 9.67 Å². The molecule has 0 spiro atoms. The third-order valence-electron chi connectivity index (χ3n) is 3.12. The van der Waals surface area contributed by atoms with Crippen molar-refractivity contribution in [3.8, 4) is 0 Å². The average Bonchev–Trinajstić information content (AvgIpc) is 2.56. The van der Waals surface area contributed by atoms with E-state index in [2.05, 4.69) is 4.98 Å². The number of nitrogens with zero attached hydrogens (tertiary/aromatic N) is 2. The Morgan fingerprint density at radius 3 is 2.72 bits per heavy atom. The number of carbonyl (C=O) groups is 1. The predicted molar refractivity (Wildman–Crippen MR) is 70.8 cm³/mol. The van der Waals surface area contributed by atoms with Gasteiger partial charge >= 0.3 is 5.97 Å². The molecule has 1 aromatic carbocycles. The fraction of sp³-hybridized carbons (Fsp3) is 0.385. The van der Waals surface area contributed by atoms with Crippen LogP contribution in [-0.2, 0) is 18.3 Å². The van der Waals surface area contributed by atoms with Gasteiger partial charge in [0.05, 0.1) is 21.5 Å². The van der Waals surface area contributed by atoms with Crippen LogP contribution in [-0.4, -0.2) is 20.6 Å². The van der Waals surface area contributed by atoms with Gasteiger partial charge in [-0.1, -0.05) is 17.7 Å². The van der Waals surface area contributed by atoms with Crippen molar-refractivity contribution < 1.29 is 9.90 Å². The summed E-state index contributed by atoms with van der Waals surface area (Å²) in [6.45, 7) is 3.38. The molecule has 0 bridgehead atoms. The zero-order chi connectivity index (χ0) is 13.5. The summed E-state index contributed by atoms with van der Waals surface area (Å²) in [6, 6.07) is 5.51. The van der Waals surface area contributed by atoms with Crippen LogP contribution in [0.25, 0.3) is 11.0 Å². The maximum Gasteiger partial charge on any atom is 0.309 e. The number of benzene rings is 1. The summed E-state index contributed by atoms with van der Waals surface area (Å²) >= 11 is 6.13. The second-order valence-corrected chi connectivity index (χ2v) is 5.47. The van der Waals surface area contributed by atoms with E-state index in [0.717, 1.165) is 16.9 Å². The molecule has 0 fully saturated rings. The summed E-state index contributed by atoms with van der Waals surface area (Å²) in [5, 5.41) is 9.79. The number of rotatable bonds is 3. The van der Waals surface area contributed by atoms with Crippen molar-refractivity contribution in [1.29, 1.82) is 0 Å². The summed E-state index contributed by atoms with van der Waals surface area (Å²) in [6.07, 6.45) is 0.365. The number of aryl methyl sites for hydroxylation is 1. The monoisotopic (exact) mass is 266 g/mol. The normalized spacial score (nSPS) is 12.0. The second kappa shape index (κ2) is 4.28. The van der Waals surface area contributed by atoms with Crippen molar-refractivity contribution in [2.75, 3.05) is 0 Å². The Kier molecular flexibility index (Phi) is 3.07. The summed E-state index contributed by atoms with van der Waals surface area (Å²) in [4.78, 5) is 15.6. The van der Waals surface area contributed by atoms with Crippen molar-refractivity contribution in [3.05, 3.63) is 29.0 Å². The fourth-order valence-electron chi connectivity index (χ4n) is 1.90. The Balaban J connectivity index is 2.51. The largest absolute Gasteiger partial charge is 0.481 e. The number of imidazole rings is 1. The van der Waals surface area contributed by atoms with Gasteiger partial charge in [0.1, 0.15) is 5.82 Å². The van der Waals surface area contributed by atoms with E-state index in [0.29, 0.717) is 11.4 Å².